The number of amides is 1. The molecule has 0 heterocycles. The van der Waals surface area contributed by atoms with E-state index in [0.29, 0.717) is 12.8 Å². The van der Waals surface area contributed by atoms with Crippen LogP contribution in [0.25, 0.3) is 0 Å². The van der Waals surface area contributed by atoms with Gasteiger partial charge in [0.15, 0.2) is 0 Å². The van der Waals surface area contributed by atoms with Gasteiger partial charge < -0.3 is 20.6 Å². The molecule has 0 rings (SSSR count). The number of unbranched alkanes of at least 4 members (excludes halogenated alkanes) is 48. The lowest BCUT2D eigenvalue weighted by Gasteiger charge is -2.26. The van der Waals surface area contributed by atoms with Crippen molar-refractivity contribution in [2.45, 2.75) is 379 Å². The topological polar surface area (TPSA) is 89.8 Å². The van der Waals surface area contributed by atoms with E-state index in [9.17, 15) is 20.1 Å². The number of aliphatic hydroxyl groups excluding tert-OH is 3. The highest BCUT2D eigenvalue weighted by Gasteiger charge is 2.26. The number of carbonyl (C=O) groups is 1. The van der Waals surface area contributed by atoms with Gasteiger partial charge in [0.25, 0.3) is 0 Å². The molecular formula is C65H127NO4. The fourth-order valence-electron chi connectivity index (χ4n) is 10.4. The molecule has 0 aliphatic carbocycles. The summed E-state index contributed by atoms with van der Waals surface area (Å²) in [6.07, 6.45) is 78.1. The highest BCUT2D eigenvalue weighted by molar-refractivity contribution is 5.76. The smallest absolute Gasteiger partial charge is 0.220 e. The first-order valence-corrected chi connectivity index (χ1v) is 32.1. The van der Waals surface area contributed by atoms with E-state index in [1.54, 1.807) is 0 Å². The maximum atomic E-state index is 12.5. The van der Waals surface area contributed by atoms with Crippen LogP contribution in [0.5, 0.6) is 0 Å². The monoisotopic (exact) mass is 986 g/mol. The molecule has 0 aromatic carbocycles. The largest absolute Gasteiger partial charge is 0.394 e. The summed E-state index contributed by atoms with van der Waals surface area (Å²) in [6, 6.07) is -0.831. The van der Waals surface area contributed by atoms with Gasteiger partial charge in [0.2, 0.25) is 5.91 Å². The van der Waals surface area contributed by atoms with Crippen molar-refractivity contribution in [1.82, 2.24) is 5.32 Å². The Bertz CT molecular complexity index is 1040. The summed E-state index contributed by atoms with van der Waals surface area (Å²) >= 11 is 0. The zero-order valence-corrected chi connectivity index (χ0v) is 47.7. The first-order chi connectivity index (χ1) is 34.6. The Morgan fingerprint density at radius 3 is 0.871 bits per heavy atom. The van der Waals surface area contributed by atoms with E-state index in [4.69, 9.17) is 0 Å². The summed E-state index contributed by atoms with van der Waals surface area (Å²) in [5.74, 6) is -0.150. The lowest BCUT2D eigenvalue weighted by molar-refractivity contribution is -0.124. The van der Waals surface area contributed by atoms with Gasteiger partial charge in [0.05, 0.1) is 18.8 Å². The Morgan fingerprint density at radius 1 is 0.343 bits per heavy atom. The summed E-state index contributed by atoms with van der Waals surface area (Å²) in [5.41, 5.74) is 0. The van der Waals surface area contributed by atoms with Gasteiger partial charge in [-0.05, 0) is 51.4 Å². The van der Waals surface area contributed by atoms with E-state index < -0.39 is 18.2 Å². The van der Waals surface area contributed by atoms with Crippen LogP contribution in [0.3, 0.4) is 0 Å². The molecule has 1 amide bonds. The minimum atomic E-state index is -1.17. The summed E-state index contributed by atoms with van der Waals surface area (Å²) in [6.45, 7) is 4.21. The number of hydrogen-bond donors (Lipinski definition) is 4. The molecule has 0 fully saturated rings. The average Bonchev–Trinajstić information content (AvgIpc) is 3.36. The Labute approximate surface area is 439 Å². The minimum Gasteiger partial charge on any atom is -0.394 e. The molecule has 4 N–H and O–H groups in total. The fraction of sp³-hybridized carbons (Fsp3) is 0.923. The lowest BCUT2D eigenvalue weighted by atomic mass is 10.0. The third-order valence-corrected chi connectivity index (χ3v) is 15.3. The Kier molecular flexibility index (Phi) is 59.4. The van der Waals surface area contributed by atoms with Gasteiger partial charge in [0, 0.05) is 6.42 Å². The molecule has 0 aromatic heterocycles. The van der Waals surface area contributed by atoms with Crippen molar-refractivity contribution in [2.24, 2.45) is 0 Å². The van der Waals surface area contributed by atoms with Gasteiger partial charge in [-0.3, -0.25) is 4.79 Å². The quantitative estimate of drug-likeness (QED) is 0.0361. The third-order valence-electron chi connectivity index (χ3n) is 15.3. The number of nitrogens with one attached hydrogen (secondary N) is 1. The lowest BCUT2D eigenvalue weighted by Crippen LogP contribution is -2.50. The fourth-order valence-corrected chi connectivity index (χ4v) is 10.4. The van der Waals surface area contributed by atoms with Crippen molar-refractivity contribution >= 4 is 5.91 Å². The van der Waals surface area contributed by atoms with Crippen molar-refractivity contribution in [2.75, 3.05) is 6.61 Å². The minimum absolute atomic E-state index is 0.150. The number of carbonyl (C=O) groups excluding carboxylic acids is 1. The second kappa shape index (κ2) is 60.4. The van der Waals surface area contributed by atoms with Crippen LogP contribution in [-0.2, 0) is 4.79 Å². The SMILES string of the molecule is CCCCCCCCCCCCCCCC/C=C/CC/C=C/CCCC(O)C(O)C(CO)NC(=O)CCCCCCCCCCCCCCCCCCCCCCCCCCCCCCCCCCC. The van der Waals surface area contributed by atoms with Crippen molar-refractivity contribution < 1.29 is 20.1 Å². The average molecular weight is 987 g/mol. The van der Waals surface area contributed by atoms with E-state index in [2.05, 4.69) is 43.5 Å². The van der Waals surface area contributed by atoms with Crippen LogP contribution in [0, 0.1) is 0 Å². The van der Waals surface area contributed by atoms with Crippen molar-refractivity contribution in [1.29, 1.82) is 0 Å². The second-order valence-corrected chi connectivity index (χ2v) is 22.3. The van der Waals surface area contributed by atoms with Gasteiger partial charge in [-0.2, -0.15) is 0 Å². The van der Waals surface area contributed by atoms with Crippen molar-refractivity contribution in [3.63, 3.8) is 0 Å². The molecular weight excluding hydrogens is 859 g/mol. The first kappa shape index (κ1) is 68.8. The van der Waals surface area contributed by atoms with Crippen molar-refractivity contribution in [3.8, 4) is 0 Å². The molecule has 3 unspecified atom stereocenters. The van der Waals surface area contributed by atoms with Gasteiger partial charge in [-0.25, -0.2) is 0 Å². The summed E-state index contributed by atoms with van der Waals surface area (Å²) < 4.78 is 0. The van der Waals surface area contributed by atoms with Crippen LogP contribution >= 0.6 is 0 Å². The van der Waals surface area contributed by atoms with Crippen LogP contribution in [0.1, 0.15) is 361 Å². The summed E-state index contributed by atoms with van der Waals surface area (Å²) in [4.78, 5) is 12.5. The molecule has 0 radical (unpaired) electrons. The maximum absolute atomic E-state index is 12.5. The number of aliphatic hydroxyl groups is 3. The highest BCUT2D eigenvalue weighted by atomic mass is 16.3. The van der Waals surface area contributed by atoms with Crippen LogP contribution in [0.15, 0.2) is 24.3 Å². The zero-order chi connectivity index (χ0) is 50.7. The molecule has 416 valence electrons. The molecule has 3 atom stereocenters. The molecule has 0 spiro atoms. The standard InChI is InChI=1S/C65H127NO4/c1-3-5-7-9-11-13-15-17-19-21-23-25-27-28-29-30-31-32-33-34-35-36-38-40-42-44-46-48-50-52-54-56-58-60-64(69)66-62(61-67)65(70)63(68)59-57-55-53-51-49-47-45-43-41-39-37-26-24-22-20-18-16-14-12-10-8-6-4-2/h43,45,51,53,62-63,65,67-68,70H,3-42,44,46-50,52,54-61H2,1-2H3,(H,66,69)/b45-43+,53-51+. The number of hydrogen-bond acceptors (Lipinski definition) is 4. The van der Waals surface area contributed by atoms with E-state index in [0.717, 1.165) is 44.9 Å². The highest BCUT2D eigenvalue weighted by Crippen LogP contribution is 2.19. The molecule has 0 aliphatic rings. The maximum Gasteiger partial charge on any atom is 0.220 e. The van der Waals surface area contributed by atoms with E-state index >= 15 is 0 Å². The molecule has 0 saturated heterocycles. The summed E-state index contributed by atoms with van der Waals surface area (Å²) in [7, 11) is 0. The van der Waals surface area contributed by atoms with Crippen LogP contribution < -0.4 is 5.32 Å². The van der Waals surface area contributed by atoms with Gasteiger partial charge in [-0.1, -0.05) is 327 Å². The molecule has 0 aromatic rings. The van der Waals surface area contributed by atoms with Crippen LogP contribution in [0.4, 0.5) is 0 Å². The van der Waals surface area contributed by atoms with Crippen LogP contribution in [-0.4, -0.2) is 46.1 Å². The van der Waals surface area contributed by atoms with Gasteiger partial charge >= 0.3 is 0 Å². The van der Waals surface area contributed by atoms with Gasteiger partial charge in [0.1, 0.15) is 6.10 Å². The molecule has 0 bridgehead atoms. The predicted molar refractivity (Wildman–Crippen MR) is 310 cm³/mol. The molecule has 0 saturated carbocycles. The van der Waals surface area contributed by atoms with Crippen LogP contribution in [0.2, 0.25) is 0 Å². The molecule has 5 nitrogen and oxygen atoms in total. The van der Waals surface area contributed by atoms with Crippen molar-refractivity contribution in [3.05, 3.63) is 24.3 Å². The number of allylic oxidation sites excluding steroid dienone is 4. The Hall–Kier alpha value is -1.17. The number of rotatable bonds is 60. The second-order valence-electron chi connectivity index (χ2n) is 22.3. The first-order valence-electron chi connectivity index (χ1n) is 32.1. The summed E-state index contributed by atoms with van der Waals surface area (Å²) in [5, 5.41) is 33.8. The van der Waals surface area contributed by atoms with E-state index in [-0.39, 0.29) is 12.5 Å². The Morgan fingerprint density at radius 2 is 0.586 bits per heavy atom. The third kappa shape index (κ3) is 54.6. The predicted octanol–water partition coefficient (Wildman–Crippen LogP) is 20.4. The Balaban J connectivity index is 3.50. The molecule has 0 aliphatic heterocycles. The normalized spacial score (nSPS) is 13.3. The van der Waals surface area contributed by atoms with Gasteiger partial charge in [-0.15, -0.1) is 0 Å². The van der Waals surface area contributed by atoms with E-state index in [1.165, 1.54) is 289 Å². The molecule has 70 heavy (non-hydrogen) atoms. The molecule has 5 heteroatoms. The zero-order valence-electron chi connectivity index (χ0n) is 47.7. The van der Waals surface area contributed by atoms with E-state index in [1.807, 2.05) is 0 Å².